The van der Waals surface area contributed by atoms with Gasteiger partial charge in [-0.1, -0.05) is 54.3 Å². The van der Waals surface area contributed by atoms with E-state index in [1.165, 1.54) is 10.3 Å². The number of aromatic amines is 1. The Morgan fingerprint density at radius 3 is 2.76 bits per heavy atom. The van der Waals surface area contributed by atoms with Crippen LogP contribution in [0.3, 0.4) is 0 Å². The minimum atomic E-state index is 0.781. The van der Waals surface area contributed by atoms with Crippen LogP contribution in [0.4, 0.5) is 5.69 Å². The monoisotopic (exact) mass is 308 g/mol. The van der Waals surface area contributed by atoms with Gasteiger partial charge in [-0.15, -0.1) is 0 Å². The second-order valence-corrected chi connectivity index (χ2v) is 6.34. The van der Waals surface area contributed by atoms with Gasteiger partial charge in [-0.05, 0) is 24.3 Å². The van der Waals surface area contributed by atoms with Crippen LogP contribution >= 0.6 is 24.0 Å². The molecule has 2 heterocycles. The van der Waals surface area contributed by atoms with Crippen molar-refractivity contribution in [2.24, 2.45) is 0 Å². The highest BCUT2D eigenvalue weighted by atomic mass is 32.2. The largest absolute Gasteiger partial charge is 0.361 e. The Labute approximate surface area is 132 Å². The van der Waals surface area contributed by atoms with Gasteiger partial charge in [0.05, 0.1) is 5.69 Å². The molecule has 1 aliphatic rings. The molecule has 0 aliphatic carbocycles. The second kappa shape index (κ2) is 5.06. The van der Waals surface area contributed by atoms with E-state index in [-0.39, 0.29) is 0 Å². The van der Waals surface area contributed by atoms with Gasteiger partial charge in [0.1, 0.15) is 4.99 Å². The first-order valence-corrected chi connectivity index (χ1v) is 7.90. The van der Waals surface area contributed by atoms with E-state index in [1.54, 1.807) is 11.8 Å². The summed E-state index contributed by atoms with van der Waals surface area (Å²) in [6.07, 6.45) is 4.18. The van der Waals surface area contributed by atoms with E-state index >= 15 is 0 Å². The third-order valence-electron chi connectivity index (χ3n) is 3.49. The van der Waals surface area contributed by atoms with E-state index in [0.29, 0.717) is 0 Å². The summed E-state index contributed by atoms with van der Waals surface area (Å²) in [6, 6.07) is 16.5. The molecular weight excluding hydrogens is 296 g/mol. The van der Waals surface area contributed by atoms with Gasteiger partial charge in [-0.3, -0.25) is 0 Å². The molecule has 1 aromatic heterocycles. The zero-order valence-electron chi connectivity index (χ0n) is 11.1. The molecule has 102 valence electrons. The van der Waals surface area contributed by atoms with Crippen molar-refractivity contribution in [2.75, 3.05) is 5.32 Å². The quantitative estimate of drug-likeness (QED) is 0.486. The lowest BCUT2D eigenvalue weighted by Gasteiger charge is -2.20. The van der Waals surface area contributed by atoms with Crippen molar-refractivity contribution >= 4 is 51.6 Å². The third-order valence-corrected chi connectivity index (χ3v) is 5.06. The maximum Gasteiger partial charge on any atom is 0.117 e. The van der Waals surface area contributed by atoms with Crippen molar-refractivity contribution in [3.8, 4) is 0 Å². The Kier molecular flexibility index (Phi) is 3.05. The third kappa shape index (κ3) is 2.26. The van der Waals surface area contributed by atoms with Crippen molar-refractivity contribution in [3.63, 3.8) is 0 Å². The molecule has 2 aromatic carbocycles. The van der Waals surface area contributed by atoms with Crippen LogP contribution in [0, 0.1) is 0 Å². The van der Waals surface area contributed by atoms with Gasteiger partial charge in [0.2, 0.25) is 0 Å². The number of nitrogens with one attached hydrogen (secondary N) is 2. The van der Waals surface area contributed by atoms with Gasteiger partial charge in [0.25, 0.3) is 0 Å². The molecule has 0 unspecified atom stereocenters. The van der Waals surface area contributed by atoms with Crippen molar-refractivity contribution in [2.45, 2.75) is 4.90 Å². The molecule has 4 rings (SSSR count). The molecule has 0 atom stereocenters. The van der Waals surface area contributed by atoms with Gasteiger partial charge >= 0.3 is 0 Å². The van der Waals surface area contributed by atoms with Crippen LogP contribution in [0.1, 0.15) is 5.56 Å². The molecule has 3 aromatic rings. The Balaban J connectivity index is 1.78. The normalized spacial score (nSPS) is 16.0. The summed E-state index contributed by atoms with van der Waals surface area (Å²) in [5.41, 5.74) is 3.39. The first-order chi connectivity index (χ1) is 10.3. The van der Waals surface area contributed by atoms with Crippen molar-refractivity contribution in [1.82, 2.24) is 4.98 Å². The number of benzene rings is 2. The lowest BCUT2D eigenvalue weighted by Crippen LogP contribution is -2.14. The van der Waals surface area contributed by atoms with Crippen LogP contribution in [-0.4, -0.2) is 9.97 Å². The molecule has 2 N–H and O–H groups in total. The molecule has 4 heteroatoms. The van der Waals surface area contributed by atoms with E-state index < -0.39 is 0 Å². The van der Waals surface area contributed by atoms with Crippen LogP contribution < -0.4 is 5.32 Å². The van der Waals surface area contributed by atoms with Crippen molar-refractivity contribution < 1.29 is 0 Å². The molecule has 0 spiro atoms. The van der Waals surface area contributed by atoms with Gasteiger partial charge in [0, 0.05) is 32.5 Å². The number of hydrogen-bond acceptors (Lipinski definition) is 2. The smallest absolute Gasteiger partial charge is 0.117 e. The number of rotatable bonds is 1. The van der Waals surface area contributed by atoms with E-state index in [9.17, 15) is 0 Å². The summed E-state index contributed by atoms with van der Waals surface area (Å²) in [7, 11) is 0. The lowest BCUT2D eigenvalue weighted by molar-refractivity contribution is 1.44. The summed E-state index contributed by atoms with van der Waals surface area (Å²) >= 11 is 7.20. The van der Waals surface area contributed by atoms with Crippen LogP contribution in [0.2, 0.25) is 0 Å². The molecule has 2 nitrogen and oxygen atoms in total. The van der Waals surface area contributed by atoms with Gasteiger partial charge in [-0.2, -0.15) is 0 Å². The minimum Gasteiger partial charge on any atom is -0.361 e. The number of fused-ring (bicyclic) bond motifs is 2. The SMILES string of the molecule is S=C1Nc2ccccc2SC1=Cc1c[nH]c2ccccc12. The van der Waals surface area contributed by atoms with Crippen LogP contribution in [-0.2, 0) is 0 Å². The topological polar surface area (TPSA) is 27.8 Å². The Bertz CT molecular complexity index is 877. The van der Waals surface area contributed by atoms with Crippen molar-refractivity contribution in [3.05, 3.63) is 65.2 Å². The highest BCUT2D eigenvalue weighted by Gasteiger charge is 2.17. The molecule has 0 fully saturated rings. The first-order valence-electron chi connectivity index (χ1n) is 6.67. The fourth-order valence-corrected chi connectivity index (χ4v) is 3.69. The van der Waals surface area contributed by atoms with E-state index in [0.717, 1.165) is 26.7 Å². The number of aromatic nitrogens is 1. The average molecular weight is 308 g/mol. The van der Waals surface area contributed by atoms with E-state index in [4.69, 9.17) is 12.2 Å². The first kappa shape index (κ1) is 12.7. The van der Waals surface area contributed by atoms with Crippen LogP contribution in [0.5, 0.6) is 0 Å². The molecular formula is C17H12N2S2. The number of anilines is 1. The van der Waals surface area contributed by atoms with Gasteiger partial charge in [-0.25, -0.2) is 0 Å². The number of H-pyrrole nitrogens is 1. The predicted molar refractivity (Wildman–Crippen MR) is 94.8 cm³/mol. The second-order valence-electron chi connectivity index (χ2n) is 4.85. The molecule has 0 saturated carbocycles. The summed E-state index contributed by atoms with van der Waals surface area (Å²) in [4.78, 5) is 6.36. The fraction of sp³-hybridized carbons (Fsp3) is 0. The zero-order chi connectivity index (χ0) is 14.2. The fourth-order valence-electron chi connectivity index (χ4n) is 2.46. The Morgan fingerprint density at radius 1 is 1.00 bits per heavy atom. The summed E-state index contributed by atoms with van der Waals surface area (Å²) < 4.78 is 0. The standard InChI is InChI=1S/C17H12N2S2/c20-17-16(21-15-8-4-3-7-14(15)19-17)9-11-10-18-13-6-2-1-5-12(11)13/h1-10,18H,(H,19,20). The molecule has 0 amide bonds. The van der Waals surface area contributed by atoms with Crippen LogP contribution in [0.25, 0.3) is 17.0 Å². The number of thiocarbonyl (C=S) groups is 1. The number of para-hydroxylation sites is 2. The highest BCUT2D eigenvalue weighted by molar-refractivity contribution is 8.05. The minimum absolute atomic E-state index is 0.781. The van der Waals surface area contributed by atoms with Crippen LogP contribution in [0.15, 0.2) is 64.5 Å². The van der Waals surface area contributed by atoms with Gasteiger partial charge in [0.15, 0.2) is 0 Å². The maximum atomic E-state index is 5.49. The van der Waals surface area contributed by atoms with E-state index in [2.05, 4.69) is 46.7 Å². The number of thioether (sulfide) groups is 1. The average Bonchev–Trinajstić information content (AvgIpc) is 2.91. The van der Waals surface area contributed by atoms with E-state index in [1.807, 2.05) is 24.4 Å². The summed E-state index contributed by atoms with van der Waals surface area (Å²) in [5, 5.41) is 4.52. The molecule has 21 heavy (non-hydrogen) atoms. The maximum absolute atomic E-state index is 5.49. The summed E-state index contributed by atoms with van der Waals surface area (Å²) in [6.45, 7) is 0. The lowest BCUT2D eigenvalue weighted by atomic mass is 10.1. The van der Waals surface area contributed by atoms with Gasteiger partial charge < -0.3 is 10.3 Å². The predicted octanol–water partition coefficient (Wildman–Crippen LogP) is 5.05. The summed E-state index contributed by atoms with van der Waals surface area (Å²) in [5.74, 6) is 0. The molecule has 0 saturated heterocycles. The molecule has 0 bridgehead atoms. The number of hydrogen-bond donors (Lipinski definition) is 2. The Morgan fingerprint density at radius 2 is 1.81 bits per heavy atom. The molecule has 1 aliphatic heterocycles. The zero-order valence-corrected chi connectivity index (χ0v) is 12.7. The highest BCUT2D eigenvalue weighted by Crippen LogP contribution is 2.39. The molecule has 0 radical (unpaired) electrons. The Hall–Kier alpha value is -2.04. The van der Waals surface area contributed by atoms with Crippen molar-refractivity contribution in [1.29, 1.82) is 0 Å².